The van der Waals surface area contributed by atoms with E-state index in [2.05, 4.69) is 10.1 Å². The minimum absolute atomic E-state index is 0.0763. The van der Waals surface area contributed by atoms with Crippen molar-refractivity contribution < 1.29 is 24.2 Å². The molecule has 1 aliphatic heterocycles. The number of amides is 2. The van der Waals surface area contributed by atoms with Crippen molar-refractivity contribution in [1.29, 1.82) is 0 Å². The van der Waals surface area contributed by atoms with Crippen LogP contribution < -0.4 is 5.32 Å². The molecule has 2 aliphatic rings. The molecule has 2 amide bonds. The molecule has 0 aromatic heterocycles. The van der Waals surface area contributed by atoms with Gasteiger partial charge >= 0.3 is 18.0 Å². The Morgan fingerprint density at radius 3 is 2.60 bits per heavy atom. The fourth-order valence-electron chi connectivity index (χ4n) is 2.65. The molecule has 0 spiro atoms. The number of carboxylic acid groups (broad SMARTS) is 1. The number of aliphatic carboxylic acids is 1. The highest BCUT2D eigenvalue weighted by molar-refractivity contribution is 5.84. The SMILES string of the molecule is COC(=O)C1CCCN1C(=O)NC(CC(=O)O)C1CC1. The predicted octanol–water partition coefficient (Wildman–Crippen LogP) is 0.587. The molecule has 7 nitrogen and oxygen atoms in total. The van der Waals surface area contributed by atoms with E-state index in [1.165, 1.54) is 12.0 Å². The second kappa shape index (κ2) is 6.11. The molecule has 0 aromatic carbocycles. The number of rotatable bonds is 5. The van der Waals surface area contributed by atoms with E-state index < -0.39 is 18.0 Å². The molecule has 1 saturated heterocycles. The number of likely N-dealkylation sites (tertiary alicyclic amines) is 1. The average Bonchev–Trinajstić information content (AvgIpc) is 3.13. The molecular formula is C13H20N2O5. The van der Waals surface area contributed by atoms with Crippen molar-refractivity contribution in [2.24, 2.45) is 5.92 Å². The number of carbonyl (C=O) groups excluding carboxylic acids is 2. The first kappa shape index (κ1) is 14.6. The van der Waals surface area contributed by atoms with Gasteiger partial charge in [0.25, 0.3) is 0 Å². The highest BCUT2D eigenvalue weighted by Crippen LogP contribution is 2.34. The fraction of sp³-hybridized carbons (Fsp3) is 0.769. The molecular weight excluding hydrogens is 264 g/mol. The van der Waals surface area contributed by atoms with Gasteiger partial charge < -0.3 is 20.1 Å². The van der Waals surface area contributed by atoms with E-state index in [9.17, 15) is 14.4 Å². The third kappa shape index (κ3) is 3.40. The summed E-state index contributed by atoms with van der Waals surface area (Å²) in [6.07, 6.45) is 3.15. The number of carbonyl (C=O) groups is 3. The van der Waals surface area contributed by atoms with Gasteiger partial charge in [0.15, 0.2) is 0 Å². The van der Waals surface area contributed by atoms with Crippen molar-refractivity contribution >= 4 is 18.0 Å². The lowest BCUT2D eigenvalue weighted by atomic mass is 10.1. The summed E-state index contributed by atoms with van der Waals surface area (Å²) in [5, 5.41) is 11.6. The molecule has 1 heterocycles. The molecule has 20 heavy (non-hydrogen) atoms. The topological polar surface area (TPSA) is 95.9 Å². The number of hydrogen-bond acceptors (Lipinski definition) is 4. The van der Waals surface area contributed by atoms with E-state index in [0.717, 1.165) is 19.3 Å². The van der Waals surface area contributed by atoms with Crippen LogP contribution in [0.25, 0.3) is 0 Å². The van der Waals surface area contributed by atoms with E-state index in [0.29, 0.717) is 13.0 Å². The van der Waals surface area contributed by atoms with Gasteiger partial charge in [0.1, 0.15) is 6.04 Å². The number of carboxylic acids is 1. The normalized spacial score (nSPS) is 23.2. The molecule has 112 valence electrons. The Bertz CT molecular complexity index is 408. The molecule has 0 aromatic rings. The summed E-state index contributed by atoms with van der Waals surface area (Å²) in [6, 6.07) is -1.26. The molecule has 1 aliphatic carbocycles. The lowest BCUT2D eigenvalue weighted by Crippen LogP contribution is -2.50. The van der Waals surface area contributed by atoms with Crippen molar-refractivity contribution in [1.82, 2.24) is 10.2 Å². The molecule has 1 saturated carbocycles. The van der Waals surface area contributed by atoms with Crippen LogP contribution >= 0.6 is 0 Å². The third-order valence-electron chi connectivity index (χ3n) is 3.88. The maximum Gasteiger partial charge on any atom is 0.328 e. The monoisotopic (exact) mass is 284 g/mol. The Labute approximate surface area is 117 Å². The van der Waals surface area contributed by atoms with Gasteiger partial charge in [0.05, 0.1) is 13.5 Å². The van der Waals surface area contributed by atoms with Crippen molar-refractivity contribution in [3.05, 3.63) is 0 Å². The van der Waals surface area contributed by atoms with Crippen LogP contribution in [0.4, 0.5) is 4.79 Å². The Balaban J connectivity index is 1.95. The van der Waals surface area contributed by atoms with Crippen LogP contribution in [0.1, 0.15) is 32.1 Å². The van der Waals surface area contributed by atoms with Crippen molar-refractivity contribution in [2.45, 2.75) is 44.2 Å². The molecule has 0 bridgehead atoms. The van der Waals surface area contributed by atoms with E-state index in [-0.39, 0.29) is 24.4 Å². The van der Waals surface area contributed by atoms with Crippen LogP contribution in [0.5, 0.6) is 0 Å². The van der Waals surface area contributed by atoms with Crippen molar-refractivity contribution in [2.75, 3.05) is 13.7 Å². The second-order valence-electron chi connectivity index (χ2n) is 5.37. The van der Waals surface area contributed by atoms with Crippen molar-refractivity contribution in [3.63, 3.8) is 0 Å². The highest BCUT2D eigenvalue weighted by Gasteiger charge is 2.38. The van der Waals surface area contributed by atoms with Crippen LogP contribution in [0.3, 0.4) is 0 Å². The largest absolute Gasteiger partial charge is 0.481 e. The van der Waals surface area contributed by atoms with Crippen LogP contribution in [0.15, 0.2) is 0 Å². The summed E-state index contributed by atoms with van der Waals surface area (Å²) < 4.78 is 4.69. The minimum Gasteiger partial charge on any atom is -0.481 e. The Morgan fingerprint density at radius 1 is 1.35 bits per heavy atom. The Hall–Kier alpha value is -1.79. The van der Waals surface area contributed by atoms with Crippen LogP contribution in [0.2, 0.25) is 0 Å². The first-order chi connectivity index (χ1) is 9.52. The van der Waals surface area contributed by atoms with Crippen LogP contribution in [-0.2, 0) is 14.3 Å². The number of hydrogen-bond donors (Lipinski definition) is 2. The van der Waals surface area contributed by atoms with E-state index >= 15 is 0 Å². The van der Waals surface area contributed by atoms with Crippen LogP contribution in [0, 0.1) is 5.92 Å². The number of ether oxygens (including phenoxy) is 1. The highest BCUT2D eigenvalue weighted by atomic mass is 16.5. The smallest absolute Gasteiger partial charge is 0.328 e. The van der Waals surface area contributed by atoms with Crippen molar-refractivity contribution in [3.8, 4) is 0 Å². The Kier molecular flexibility index (Phi) is 4.46. The van der Waals surface area contributed by atoms with E-state index in [1.807, 2.05) is 0 Å². The summed E-state index contributed by atoms with van der Waals surface area (Å²) in [7, 11) is 1.30. The van der Waals surface area contributed by atoms with Gasteiger partial charge in [-0.05, 0) is 31.6 Å². The average molecular weight is 284 g/mol. The standard InChI is InChI=1S/C13H20N2O5/c1-20-12(18)10-3-2-6-15(10)13(19)14-9(7-11(16)17)8-4-5-8/h8-10H,2-7H2,1H3,(H,14,19)(H,16,17). The van der Waals surface area contributed by atoms with Gasteiger partial charge in [0.2, 0.25) is 0 Å². The Morgan fingerprint density at radius 2 is 2.05 bits per heavy atom. The maximum atomic E-state index is 12.2. The molecule has 2 atom stereocenters. The van der Waals surface area contributed by atoms with Gasteiger partial charge in [-0.2, -0.15) is 0 Å². The van der Waals surface area contributed by atoms with Crippen LogP contribution in [-0.4, -0.2) is 53.7 Å². The zero-order valence-corrected chi connectivity index (χ0v) is 11.5. The second-order valence-corrected chi connectivity index (χ2v) is 5.37. The third-order valence-corrected chi connectivity index (χ3v) is 3.88. The maximum absolute atomic E-state index is 12.2. The summed E-state index contributed by atoms with van der Waals surface area (Å²) in [6.45, 7) is 0.496. The number of esters is 1. The molecule has 0 radical (unpaired) electrons. The summed E-state index contributed by atoms with van der Waals surface area (Å²) in [5.41, 5.74) is 0. The number of nitrogens with one attached hydrogen (secondary N) is 1. The lowest BCUT2D eigenvalue weighted by molar-refractivity contribution is -0.145. The quantitative estimate of drug-likeness (QED) is 0.720. The first-order valence-electron chi connectivity index (χ1n) is 6.89. The molecule has 2 unspecified atom stereocenters. The van der Waals surface area contributed by atoms with Gasteiger partial charge in [-0.25, -0.2) is 9.59 Å². The first-order valence-corrected chi connectivity index (χ1v) is 6.89. The number of methoxy groups -OCH3 is 1. The summed E-state index contributed by atoms with van der Waals surface area (Å²) in [5.74, 6) is -1.10. The molecule has 7 heteroatoms. The zero-order chi connectivity index (χ0) is 14.7. The summed E-state index contributed by atoms with van der Waals surface area (Å²) in [4.78, 5) is 36.1. The molecule has 2 rings (SSSR count). The van der Waals surface area contributed by atoms with E-state index in [4.69, 9.17) is 5.11 Å². The number of urea groups is 1. The van der Waals surface area contributed by atoms with Gasteiger partial charge in [-0.3, -0.25) is 4.79 Å². The molecule has 2 fully saturated rings. The zero-order valence-electron chi connectivity index (χ0n) is 11.5. The number of nitrogens with zero attached hydrogens (tertiary/aromatic N) is 1. The summed E-state index contributed by atoms with van der Waals surface area (Å²) >= 11 is 0. The minimum atomic E-state index is -0.923. The predicted molar refractivity (Wildman–Crippen MR) is 69.0 cm³/mol. The fourth-order valence-corrected chi connectivity index (χ4v) is 2.65. The van der Waals surface area contributed by atoms with Gasteiger partial charge in [0, 0.05) is 12.6 Å². The van der Waals surface area contributed by atoms with Gasteiger partial charge in [-0.1, -0.05) is 0 Å². The molecule has 2 N–H and O–H groups in total. The lowest BCUT2D eigenvalue weighted by Gasteiger charge is -2.26. The van der Waals surface area contributed by atoms with E-state index in [1.54, 1.807) is 0 Å². The van der Waals surface area contributed by atoms with Gasteiger partial charge in [-0.15, -0.1) is 0 Å².